The van der Waals surface area contributed by atoms with Gasteiger partial charge in [-0.3, -0.25) is 4.90 Å². The Labute approximate surface area is 140 Å². The molecule has 0 aliphatic carbocycles. The van der Waals surface area contributed by atoms with Crippen LogP contribution in [0.4, 0.5) is 5.82 Å². The maximum Gasteiger partial charge on any atom is 0.126 e. The highest BCUT2D eigenvalue weighted by molar-refractivity contribution is 9.10. The number of piperidine rings is 1. The molecule has 0 amide bonds. The molecule has 1 fully saturated rings. The smallest absolute Gasteiger partial charge is 0.126 e. The molecule has 1 atom stereocenters. The van der Waals surface area contributed by atoms with E-state index in [1.165, 1.54) is 30.5 Å². The summed E-state index contributed by atoms with van der Waals surface area (Å²) in [5.41, 5.74) is 2.61. The molecule has 2 aromatic rings. The van der Waals surface area contributed by atoms with Crippen LogP contribution < -0.4 is 5.32 Å². The number of halogens is 1. The van der Waals surface area contributed by atoms with E-state index in [0.29, 0.717) is 6.04 Å². The van der Waals surface area contributed by atoms with Crippen molar-refractivity contribution in [2.45, 2.75) is 32.4 Å². The Morgan fingerprint density at radius 1 is 1.32 bits per heavy atom. The van der Waals surface area contributed by atoms with Gasteiger partial charge in [-0.1, -0.05) is 30.3 Å². The highest BCUT2D eigenvalue weighted by Gasteiger charge is 2.20. The van der Waals surface area contributed by atoms with E-state index in [1.807, 2.05) is 6.20 Å². The molecule has 1 aromatic carbocycles. The van der Waals surface area contributed by atoms with Gasteiger partial charge in [0.25, 0.3) is 0 Å². The summed E-state index contributed by atoms with van der Waals surface area (Å²) in [6, 6.07) is 13.3. The molecule has 1 N–H and O–H groups in total. The van der Waals surface area contributed by atoms with Crippen molar-refractivity contribution in [3.63, 3.8) is 0 Å². The van der Waals surface area contributed by atoms with Gasteiger partial charge in [0.05, 0.1) is 0 Å². The first-order valence-electron chi connectivity index (χ1n) is 7.85. The average molecular weight is 360 g/mol. The predicted octanol–water partition coefficient (Wildman–Crippen LogP) is 4.23. The molecule has 116 valence electrons. The predicted molar refractivity (Wildman–Crippen MR) is 95.0 cm³/mol. The molecule has 0 bridgehead atoms. The summed E-state index contributed by atoms with van der Waals surface area (Å²) in [6.45, 7) is 5.39. The van der Waals surface area contributed by atoms with E-state index in [4.69, 9.17) is 0 Å². The first kappa shape index (κ1) is 15.5. The van der Waals surface area contributed by atoms with Gasteiger partial charge in [-0.15, -0.1) is 0 Å². The minimum Gasteiger partial charge on any atom is -0.366 e. The summed E-state index contributed by atoms with van der Waals surface area (Å²) in [5, 5.41) is 3.59. The molecule has 3 rings (SSSR count). The van der Waals surface area contributed by atoms with Crippen LogP contribution in [-0.4, -0.2) is 29.0 Å². The standard InChI is InChI=1S/C18H22BrN3/c1-14-10-18(20-11-17(14)19)21-16-8-5-9-22(13-16)12-15-6-3-2-4-7-15/h2-4,6-7,10-11,16H,5,8-9,12-13H2,1H3,(H,20,21). The van der Waals surface area contributed by atoms with Gasteiger partial charge in [-0.2, -0.15) is 0 Å². The Bertz CT molecular complexity index is 615. The van der Waals surface area contributed by atoms with Crippen LogP contribution in [0.1, 0.15) is 24.0 Å². The van der Waals surface area contributed by atoms with Gasteiger partial charge in [0.1, 0.15) is 5.82 Å². The van der Waals surface area contributed by atoms with Crippen LogP contribution in [0.3, 0.4) is 0 Å². The zero-order chi connectivity index (χ0) is 15.4. The first-order chi connectivity index (χ1) is 10.7. The molecule has 2 heterocycles. The Hall–Kier alpha value is -1.39. The molecule has 1 aromatic heterocycles. The van der Waals surface area contributed by atoms with Crippen molar-refractivity contribution in [1.29, 1.82) is 0 Å². The number of hydrogen-bond donors (Lipinski definition) is 1. The molecule has 1 aliphatic heterocycles. The number of hydrogen-bond acceptors (Lipinski definition) is 3. The lowest BCUT2D eigenvalue weighted by Gasteiger charge is -2.33. The number of aromatic nitrogens is 1. The molecule has 1 unspecified atom stereocenters. The van der Waals surface area contributed by atoms with E-state index >= 15 is 0 Å². The summed E-state index contributed by atoms with van der Waals surface area (Å²) < 4.78 is 1.06. The van der Waals surface area contributed by atoms with Crippen LogP contribution in [0.25, 0.3) is 0 Å². The van der Waals surface area contributed by atoms with Crippen molar-refractivity contribution in [3.05, 3.63) is 58.2 Å². The highest BCUT2D eigenvalue weighted by Crippen LogP contribution is 2.20. The zero-order valence-electron chi connectivity index (χ0n) is 12.9. The van der Waals surface area contributed by atoms with Crippen LogP contribution in [-0.2, 0) is 6.54 Å². The molecule has 0 saturated carbocycles. The number of nitrogens with zero attached hydrogens (tertiary/aromatic N) is 2. The van der Waals surface area contributed by atoms with Crippen molar-refractivity contribution < 1.29 is 0 Å². The first-order valence-corrected chi connectivity index (χ1v) is 8.65. The number of nitrogens with one attached hydrogen (secondary N) is 1. The zero-order valence-corrected chi connectivity index (χ0v) is 14.5. The Kier molecular flexibility index (Phi) is 5.11. The third-order valence-corrected chi connectivity index (χ3v) is 4.98. The molecule has 0 spiro atoms. The summed E-state index contributed by atoms with van der Waals surface area (Å²) in [6.07, 6.45) is 4.32. The third-order valence-electron chi connectivity index (χ3n) is 4.15. The van der Waals surface area contributed by atoms with Crippen molar-refractivity contribution in [3.8, 4) is 0 Å². The average Bonchev–Trinajstić information content (AvgIpc) is 2.52. The lowest BCUT2D eigenvalue weighted by molar-refractivity contribution is 0.208. The van der Waals surface area contributed by atoms with Crippen LogP contribution in [0.2, 0.25) is 0 Å². The molecule has 0 radical (unpaired) electrons. The lowest BCUT2D eigenvalue weighted by Crippen LogP contribution is -2.41. The van der Waals surface area contributed by atoms with Gasteiger partial charge in [0, 0.05) is 29.8 Å². The van der Waals surface area contributed by atoms with Crippen LogP contribution in [0, 0.1) is 6.92 Å². The number of rotatable bonds is 4. The van der Waals surface area contributed by atoms with E-state index in [9.17, 15) is 0 Å². The maximum absolute atomic E-state index is 4.47. The third kappa shape index (κ3) is 4.08. The molecule has 4 heteroatoms. The second-order valence-corrected chi connectivity index (χ2v) is 6.88. The normalized spacial score (nSPS) is 19.1. The van der Waals surface area contributed by atoms with Crippen molar-refractivity contribution in [2.24, 2.45) is 0 Å². The Morgan fingerprint density at radius 2 is 2.14 bits per heavy atom. The van der Waals surface area contributed by atoms with Gasteiger partial charge in [0.15, 0.2) is 0 Å². The number of aryl methyl sites for hydroxylation is 1. The van der Waals surface area contributed by atoms with Crippen LogP contribution in [0.15, 0.2) is 47.1 Å². The van der Waals surface area contributed by atoms with E-state index in [2.05, 4.69) is 74.5 Å². The molecular weight excluding hydrogens is 338 g/mol. The van der Waals surface area contributed by atoms with Crippen LogP contribution >= 0.6 is 15.9 Å². The summed E-state index contributed by atoms with van der Waals surface area (Å²) in [7, 11) is 0. The fourth-order valence-electron chi connectivity index (χ4n) is 2.99. The molecule has 1 aliphatic rings. The molecule has 3 nitrogen and oxygen atoms in total. The minimum absolute atomic E-state index is 0.477. The summed E-state index contributed by atoms with van der Waals surface area (Å²) in [4.78, 5) is 7.00. The fourth-order valence-corrected chi connectivity index (χ4v) is 3.20. The number of likely N-dealkylation sites (tertiary alicyclic amines) is 1. The molecule has 1 saturated heterocycles. The monoisotopic (exact) mass is 359 g/mol. The number of benzene rings is 1. The van der Waals surface area contributed by atoms with Gasteiger partial charge in [0.2, 0.25) is 0 Å². The maximum atomic E-state index is 4.47. The van der Waals surface area contributed by atoms with E-state index in [-0.39, 0.29) is 0 Å². The Balaban J connectivity index is 1.59. The largest absolute Gasteiger partial charge is 0.366 e. The van der Waals surface area contributed by atoms with Crippen molar-refractivity contribution >= 4 is 21.7 Å². The molecule has 22 heavy (non-hydrogen) atoms. The second kappa shape index (κ2) is 7.25. The SMILES string of the molecule is Cc1cc(NC2CCCN(Cc3ccccc3)C2)ncc1Br. The summed E-state index contributed by atoms with van der Waals surface area (Å²) in [5.74, 6) is 0.979. The van der Waals surface area contributed by atoms with Gasteiger partial charge >= 0.3 is 0 Å². The summed E-state index contributed by atoms with van der Waals surface area (Å²) >= 11 is 3.50. The highest BCUT2D eigenvalue weighted by atomic mass is 79.9. The lowest BCUT2D eigenvalue weighted by atomic mass is 10.0. The quantitative estimate of drug-likeness (QED) is 0.885. The second-order valence-electron chi connectivity index (χ2n) is 6.02. The van der Waals surface area contributed by atoms with Crippen molar-refractivity contribution in [1.82, 2.24) is 9.88 Å². The number of pyridine rings is 1. The van der Waals surface area contributed by atoms with Gasteiger partial charge < -0.3 is 5.32 Å². The van der Waals surface area contributed by atoms with Crippen molar-refractivity contribution in [2.75, 3.05) is 18.4 Å². The fraction of sp³-hybridized carbons (Fsp3) is 0.389. The minimum atomic E-state index is 0.477. The Morgan fingerprint density at radius 3 is 2.91 bits per heavy atom. The molecular formula is C18H22BrN3. The van der Waals surface area contributed by atoms with Gasteiger partial charge in [-0.05, 0) is 59.4 Å². The topological polar surface area (TPSA) is 28.2 Å². The van der Waals surface area contributed by atoms with E-state index < -0.39 is 0 Å². The van der Waals surface area contributed by atoms with E-state index in [1.54, 1.807) is 0 Å². The van der Waals surface area contributed by atoms with E-state index in [0.717, 1.165) is 23.4 Å². The number of anilines is 1. The van der Waals surface area contributed by atoms with Crippen LogP contribution in [0.5, 0.6) is 0 Å². The van der Waals surface area contributed by atoms with Gasteiger partial charge in [-0.25, -0.2) is 4.98 Å².